The number of carbonyl (C=O) groups excluding carboxylic acids is 4. The number of hydrogen-bond donors (Lipinski definition) is 2. The van der Waals surface area contributed by atoms with Crippen LogP contribution in [0.1, 0.15) is 22.3 Å². The first-order chi connectivity index (χ1) is 25.5. The fourth-order valence-electron chi connectivity index (χ4n) is 4.61. The molecule has 54 heavy (non-hydrogen) atoms. The summed E-state index contributed by atoms with van der Waals surface area (Å²) in [6.45, 7) is 1.31. The number of carbonyl (C=O) groups is 4. The Bertz CT molecular complexity index is 2120. The van der Waals surface area contributed by atoms with Gasteiger partial charge in [-0.3, -0.25) is 9.59 Å². The molecule has 0 spiro atoms. The molecule has 0 saturated carbocycles. The van der Waals surface area contributed by atoms with E-state index in [1.165, 1.54) is 73.3 Å². The number of nitrogens with zero attached hydrogens (tertiary/aromatic N) is 4. The number of hydrogen-bond acceptors (Lipinski definition) is 12. The quantitative estimate of drug-likeness (QED) is 0.140. The van der Waals surface area contributed by atoms with Crippen LogP contribution in [0.15, 0.2) is 120 Å². The van der Waals surface area contributed by atoms with Gasteiger partial charge < -0.3 is 19.5 Å². The van der Waals surface area contributed by atoms with Crippen molar-refractivity contribution in [3.05, 3.63) is 132 Å². The molecule has 2 N–H and O–H groups in total. The summed E-state index contributed by atoms with van der Waals surface area (Å²) >= 11 is 0. The van der Waals surface area contributed by atoms with Gasteiger partial charge in [0.2, 0.25) is 0 Å². The highest BCUT2D eigenvalue weighted by atomic mass is 32.2. The maximum Gasteiger partial charge on any atom is 0.356 e. The molecule has 0 aliphatic heterocycles. The first-order valence-corrected chi connectivity index (χ1v) is 18.8. The van der Waals surface area contributed by atoms with E-state index >= 15 is 0 Å². The highest BCUT2D eigenvalue weighted by Gasteiger charge is 2.18. The van der Waals surface area contributed by atoms with Crippen LogP contribution in [0, 0.1) is 0 Å². The van der Waals surface area contributed by atoms with Crippen LogP contribution in [-0.2, 0) is 62.0 Å². The van der Waals surface area contributed by atoms with Crippen LogP contribution < -0.4 is 11.0 Å². The Morgan fingerprint density at radius 3 is 1.26 bits per heavy atom. The van der Waals surface area contributed by atoms with Crippen LogP contribution in [0.4, 0.5) is 0 Å². The molecule has 0 unspecified atom stereocenters. The summed E-state index contributed by atoms with van der Waals surface area (Å²) in [6.07, 6.45) is 11.1. The predicted octanol–water partition coefficient (Wildman–Crippen LogP) is 2.32. The van der Waals surface area contributed by atoms with Crippen molar-refractivity contribution in [3.63, 3.8) is 0 Å². The van der Waals surface area contributed by atoms with Gasteiger partial charge in [-0.05, 0) is 99.0 Å². The first kappa shape index (κ1) is 40.7. The molecule has 0 bridgehead atoms. The van der Waals surface area contributed by atoms with Crippen LogP contribution in [-0.4, -0.2) is 86.5 Å². The lowest BCUT2D eigenvalue weighted by Crippen LogP contribution is -2.25. The third-order valence-corrected chi connectivity index (χ3v) is 10.4. The summed E-state index contributed by atoms with van der Waals surface area (Å²) in [4.78, 5) is 61.1. The van der Waals surface area contributed by atoms with E-state index in [1.54, 1.807) is 24.3 Å². The van der Waals surface area contributed by atoms with Crippen LogP contribution in [0.3, 0.4) is 0 Å². The lowest BCUT2D eigenvalue weighted by molar-refractivity contribution is -0.153. The summed E-state index contributed by atoms with van der Waals surface area (Å²) in [6, 6.07) is 15.9. The number of aromatic nitrogens is 2. The topological polar surface area (TPSA) is 195 Å². The molecule has 2 heterocycles. The average Bonchev–Trinajstić information content (AvgIpc) is 3.82. The smallest absolute Gasteiger partial charge is 0.336 e. The van der Waals surface area contributed by atoms with E-state index in [0.717, 1.165) is 31.2 Å². The van der Waals surface area contributed by atoms with Crippen molar-refractivity contribution in [1.29, 1.82) is 0 Å². The largest absolute Gasteiger partial charge is 0.356 e. The molecule has 0 saturated heterocycles. The number of amides is 2. The predicted molar refractivity (Wildman–Crippen MR) is 197 cm³/mol. The fourth-order valence-corrected chi connectivity index (χ4v) is 7.02. The van der Waals surface area contributed by atoms with Gasteiger partial charge in [-0.2, -0.15) is 11.0 Å². The molecule has 4 rings (SSSR count). The molecular weight excluding hydrogens is 741 g/mol. The second-order valence-corrected chi connectivity index (χ2v) is 15.8. The third kappa shape index (κ3) is 11.7. The van der Waals surface area contributed by atoms with Crippen molar-refractivity contribution in [3.8, 4) is 0 Å². The van der Waals surface area contributed by atoms with Crippen LogP contribution in [0.2, 0.25) is 0 Å². The Hall–Kier alpha value is -6.08. The van der Waals surface area contributed by atoms with Crippen molar-refractivity contribution in [1.82, 2.24) is 28.7 Å². The lowest BCUT2D eigenvalue weighted by atomic mass is 10.2. The fraction of sp³-hybridized carbons (Fsp3) is 0.167. The zero-order valence-electron chi connectivity index (χ0n) is 29.6. The van der Waals surface area contributed by atoms with Gasteiger partial charge >= 0.3 is 11.9 Å². The highest BCUT2D eigenvalue weighted by molar-refractivity contribution is 7.90. The van der Waals surface area contributed by atoms with E-state index in [-0.39, 0.29) is 9.79 Å². The lowest BCUT2D eigenvalue weighted by Gasteiger charge is -2.10. The van der Waals surface area contributed by atoms with Crippen molar-refractivity contribution < 1.29 is 45.7 Å². The molecule has 2 aromatic carbocycles. The third-order valence-electron chi connectivity index (χ3n) is 7.09. The van der Waals surface area contributed by atoms with E-state index in [9.17, 15) is 36.0 Å². The summed E-state index contributed by atoms with van der Waals surface area (Å²) in [7, 11) is -0.115. The Morgan fingerprint density at radius 2 is 0.926 bits per heavy atom. The first-order valence-electron chi connectivity index (χ1n) is 15.9. The minimum atomic E-state index is -3.87. The maximum atomic E-state index is 13.0. The molecule has 16 nitrogen and oxygen atoms in total. The van der Waals surface area contributed by atoms with Crippen molar-refractivity contribution >= 4 is 56.0 Å². The number of rotatable bonds is 14. The van der Waals surface area contributed by atoms with E-state index in [1.807, 2.05) is 49.0 Å². The van der Waals surface area contributed by atoms with E-state index < -0.39 is 43.8 Å². The minimum Gasteiger partial charge on any atom is -0.336 e. The van der Waals surface area contributed by atoms with E-state index in [2.05, 4.69) is 9.68 Å². The minimum absolute atomic E-state index is 0.0917. The highest BCUT2D eigenvalue weighted by Crippen LogP contribution is 2.19. The number of nitrogens with one attached hydrogen (secondary N) is 2. The Labute approximate surface area is 312 Å². The Kier molecular flexibility index (Phi) is 13.6. The second kappa shape index (κ2) is 18.1. The molecule has 18 heteroatoms. The zero-order valence-corrected chi connectivity index (χ0v) is 31.3. The molecule has 4 aromatic rings. The van der Waals surface area contributed by atoms with Gasteiger partial charge in [0.25, 0.3) is 31.9 Å². The SMILES string of the molecule is CN(C)Cc1ccc(S(=O)(=O)n2ccc(/C=C/C(=O)NOC(=O)/C=C\C(=O)ONC(=O)/C=C/c3ccn(S(=O)(=O)c4ccc(CN(C)C)cc4)c3)c2)cc1. The molecule has 2 amide bonds. The van der Waals surface area contributed by atoms with Gasteiger partial charge in [-0.15, -0.1) is 0 Å². The van der Waals surface area contributed by atoms with Crippen molar-refractivity contribution in [2.24, 2.45) is 0 Å². The summed E-state index contributed by atoms with van der Waals surface area (Å²) in [5, 5.41) is 0. The Morgan fingerprint density at radius 1 is 0.574 bits per heavy atom. The molecule has 0 atom stereocenters. The summed E-state index contributed by atoms with van der Waals surface area (Å²) in [5.74, 6) is -4.05. The molecular formula is C36H38N6O10S2. The zero-order chi connectivity index (χ0) is 39.5. The second-order valence-electron chi connectivity index (χ2n) is 12.1. The van der Waals surface area contributed by atoms with Crippen molar-refractivity contribution in [2.45, 2.75) is 22.9 Å². The molecule has 0 fully saturated rings. The normalized spacial score (nSPS) is 12.2. The maximum absolute atomic E-state index is 13.0. The van der Waals surface area contributed by atoms with Gasteiger partial charge in [0, 0.05) is 62.2 Å². The molecule has 0 aliphatic carbocycles. The van der Waals surface area contributed by atoms with Gasteiger partial charge in [0.15, 0.2) is 0 Å². The van der Waals surface area contributed by atoms with Gasteiger partial charge in [0.05, 0.1) is 9.79 Å². The molecule has 2 aromatic heterocycles. The van der Waals surface area contributed by atoms with Crippen LogP contribution in [0.25, 0.3) is 12.2 Å². The summed E-state index contributed by atoms with van der Waals surface area (Å²) in [5.41, 5.74) is 6.32. The Balaban J connectivity index is 1.18. The number of benzene rings is 2. The standard InChI is InChI=1S/C36H38N6O10S2/c1-39(2)23-27-5-11-31(12-6-27)53(47,48)41-21-19-29(25-41)9-15-33(43)37-51-35(45)17-18-36(46)52-38-34(44)16-10-30-20-22-42(26-30)54(49,50)32-13-7-28(8-14-32)24-40(3)4/h5-22,25-26H,23-24H2,1-4H3,(H,37,43)(H,38,44)/b15-9+,16-10+,18-17-. The van der Waals surface area contributed by atoms with Gasteiger partial charge in [0.1, 0.15) is 0 Å². The number of hydroxylamine groups is 2. The van der Waals surface area contributed by atoms with Crippen LogP contribution >= 0.6 is 0 Å². The molecule has 0 aliphatic rings. The van der Waals surface area contributed by atoms with Crippen molar-refractivity contribution in [2.75, 3.05) is 28.2 Å². The molecule has 0 radical (unpaired) electrons. The van der Waals surface area contributed by atoms with E-state index in [0.29, 0.717) is 36.4 Å². The monoisotopic (exact) mass is 778 g/mol. The average molecular weight is 779 g/mol. The summed E-state index contributed by atoms with van der Waals surface area (Å²) < 4.78 is 53.9. The molecule has 284 valence electrons. The van der Waals surface area contributed by atoms with E-state index in [4.69, 9.17) is 0 Å². The van der Waals surface area contributed by atoms with Gasteiger partial charge in [-0.1, -0.05) is 24.3 Å². The van der Waals surface area contributed by atoms with Crippen LogP contribution in [0.5, 0.6) is 0 Å². The van der Waals surface area contributed by atoms with Gasteiger partial charge in [-0.25, -0.2) is 34.4 Å².